The molecule has 2 aromatic carbocycles. The van der Waals surface area contributed by atoms with Crippen molar-refractivity contribution < 1.29 is 4.79 Å². The number of rotatable bonds is 4. The topological polar surface area (TPSA) is 45.2 Å². The van der Waals surface area contributed by atoms with Gasteiger partial charge in [0.05, 0.1) is 5.56 Å². The van der Waals surface area contributed by atoms with Crippen LogP contribution in [0.25, 0.3) is 10.8 Å². The Balaban J connectivity index is 1.66. The summed E-state index contributed by atoms with van der Waals surface area (Å²) >= 11 is 0. The summed E-state index contributed by atoms with van der Waals surface area (Å²) in [6, 6.07) is 16.1. The average molecular weight is 359 g/mol. The Hall–Kier alpha value is -2.88. The quantitative estimate of drug-likeness (QED) is 0.710. The minimum absolute atomic E-state index is 0.117. The van der Waals surface area contributed by atoms with Gasteiger partial charge in [0.2, 0.25) is 0 Å². The van der Waals surface area contributed by atoms with Crippen LogP contribution in [0.3, 0.4) is 0 Å². The smallest absolute Gasteiger partial charge is 0.257 e. The molecule has 1 saturated heterocycles. The number of hydrogen-bond acceptors (Lipinski definition) is 3. The molecule has 4 rings (SSSR count). The summed E-state index contributed by atoms with van der Waals surface area (Å²) in [6.07, 6.45) is 6.40. The maximum atomic E-state index is 12.9. The van der Waals surface area contributed by atoms with Gasteiger partial charge in [0.15, 0.2) is 0 Å². The Morgan fingerprint density at radius 2 is 1.70 bits per heavy atom. The van der Waals surface area contributed by atoms with Crippen LogP contribution in [0.2, 0.25) is 0 Å². The zero-order valence-corrected chi connectivity index (χ0v) is 15.7. The fourth-order valence-corrected chi connectivity index (χ4v) is 3.74. The molecule has 1 fully saturated rings. The Morgan fingerprint density at radius 1 is 1.00 bits per heavy atom. The van der Waals surface area contributed by atoms with Gasteiger partial charge in [-0.15, -0.1) is 0 Å². The van der Waals surface area contributed by atoms with Crippen molar-refractivity contribution in [2.45, 2.75) is 32.6 Å². The molecule has 1 amide bonds. The first-order valence-corrected chi connectivity index (χ1v) is 9.79. The molecule has 138 valence electrons. The molecule has 1 aliphatic rings. The van der Waals surface area contributed by atoms with E-state index in [9.17, 15) is 4.79 Å². The fraction of sp³-hybridized carbons (Fsp3) is 0.304. The predicted molar refractivity (Wildman–Crippen MR) is 112 cm³/mol. The third-order valence-electron chi connectivity index (χ3n) is 5.29. The van der Waals surface area contributed by atoms with Gasteiger partial charge in [0.1, 0.15) is 5.82 Å². The van der Waals surface area contributed by atoms with Crippen molar-refractivity contribution in [3.63, 3.8) is 0 Å². The lowest BCUT2D eigenvalue weighted by molar-refractivity contribution is 0.102. The molecule has 0 aliphatic carbocycles. The SMILES string of the molecule is CCc1ccc(NC(=O)c2cnc(N3CCCCC3)c3ccccc23)cc1. The summed E-state index contributed by atoms with van der Waals surface area (Å²) in [5, 5.41) is 5.01. The standard InChI is InChI=1S/C23H25N3O/c1-2-17-10-12-18(13-11-17)25-23(27)21-16-24-22(26-14-6-3-7-15-26)20-9-5-4-8-19(20)21/h4-5,8-13,16H,2-3,6-7,14-15H2,1H3,(H,25,27). The Bertz CT molecular complexity index is 943. The van der Waals surface area contributed by atoms with Crippen LogP contribution in [0.5, 0.6) is 0 Å². The van der Waals surface area contributed by atoms with Crippen molar-refractivity contribution in [1.29, 1.82) is 0 Å². The average Bonchev–Trinajstić information content (AvgIpc) is 2.74. The number of pyridine rings is 1. The van der Waals surface area contributed by atoms with Crippen molar-refractivity contribution in [2.24, 2.45) is 0 Å². The van der Waals surface area contributed by atoms with Gasteiger partial charge < -0.3 is 10.2 Å². The molecule has 2 heterocycles. The van der Waals surface area contributed by atoms with Gasteiger partial charge in [-0.05, 0) is 48.8 Å². The van der Waals surface area contributed by atoms with Gasteiger partial charge in [-0.3, -0.25) is 4.79 Å². The summed E-state index contributed by atoms with van der Waals surface area (Å²) in [5.41, 5.74) is 2.68. The van der Waals surface area contributed by atoms with Crippen molar-refractivity contribution in [1.82, 2.24) is 4.98 Å². The molecule has 1 aliphatic heterocycles. The Kier molecular flexibility index (Phi) is 5.05. The van der Waals surface area contributed by atoms with Gasteiger partial charge in [0.25, 0.3) is 5.91 Å². The molecule has 0 radical (unpaired) electrons. The number of benzene rings is 2. The summed E-state index contributed by atoms with van der Waals surface area (Å²) in [4.78, 5) is 19.9. The van der Waals surface area contributed by atoms with E-state index in [-0.39, 0.29) is 5.91 Å². The van der Waals surface area contributed by atoms with Gasteiger partial charge in [0, 0.05) is 30.4 Å². The number of nitrogens with one attached hydrogen (secondary N) is 1. The Labute approximate surface area is 160 Å². The lowest BCUT2D eigenvalue weighted by atomic mass is 10.0. The normalized spacial score (nSPS) is 14.3. The fourth-order valence-electron chi connectivity index (χ4n) is 3.74. The molecule has 3 aromatic rings. The maximum absolute atomic E-state index is 12.9. The molecule has 0 atom stereocenters. The number of hydrogen-bond donors (Lipinski definition) is 1. The number of fused-ring (bicyclic) bond motifs is 1. The van der Waals surface area contributed by atoms with Crippen LogP contribution in [0.1, 0.15) is 42.1 Å². The maximum Gasteiger partial charge on any atom is 0.257 e. The number of piperidine rings is 1. The highest BCUT2D eigenvalue weighted by molar-refractivity contribution is 6.14. The molecule has 27 heavy (non-hydrogen) atoms. The number of amides is 1. The molecular weight excluding hydrogens is 334 g/mol. The highest BCUT2D eigenvalue weighted by atomic mass is 16.1. The number of aromatic nitrogens is 1. The van der Waals surface area contributed by atoms with E-state index < -0.39 is 0 Å². The highest BCUT2D eigenvalue weighted by Crippen LogP contribution is 2.29. The van der Waals surface area contributed by atoms with Gasteiger partial charge >= 0.3 is 0 Å². The molecule has 0 spiro atoms. The number of carbonyl (C=O) groups excluding carboxylic acids is 1. The second-order valence-electron chi connectivity index (χ2n) is 7.09. The van der Waals surface area contributed by atoms with E-state index in [1.807, 2.05) is 42.5 Å². The molecule has 4 nitrogen and oxygen atoms in total. The molecule has 0 unspecified atom stereocenters. The van der Waals surface area contributed by atoms with E-state index in [1.165, 1.54) is 24.8 Å². The van der Waals surface area contributed by atoms with Crippen LogP contribution < -0.4 is 10.2 Å². The first-order valence-electron chi connectivity index (χ1n) is 9.79. The van der Waals surface area contributed by atoms with Crippen LogP contribution in [0, 0.1) is 0 Å². The number of carbonyl (C=O) groups is 1. The van der Waals surface area contributed by atoms with Crippen LogP contribution in [-0.2, 0) is 6.42 Å². The second kappa shape index (κ2) is 7.78. The molecule has 1 N–H and O–H groups in total. The third kappa shape index (κ3) is 3.65. The van der Waals surface area contributed by atoms with E-state index in [1.54, 1.807) is 6.20 Å². The van der Waals surface area contributed by atoms with Crippen LogP contribution >= 0.6 is 0 Å². The van der Waals surface area contributed by atoms with Crippen molar-refractivity contribution >= 4 is 28.2 Å². The monoisotopic (exact) mass is 359 g/mol. The predicted octanol–water partition coefficient (Wildman–Crippen LogP) is 5.04. The number of aryl methyl sites for hydroxylation is 1. The molecule has 1 aromatic heterocycles. The van der Waals surface area contributed by atoms with Crippen LogP contribution in [-0.4, -0.2) is 24.0 Å². The van der Waals surface area contributed by atoms with Gasteiger partial charge in [-0.2, -0.15) is 0 Å². The lowest BCUT2D eigenvalue weighted by Gasteiger charge is -2.29. The van der Waals surface area contributed by atoms with Gasteiger partial charge in [-0.1, -0.05) is 43.3 Å². The molecule has 0 saturated carbocycles. The minimum atomic E-state index is -0.117. The summed E-state index contributed by atoms with van der Waals surface area (Å²) in [5.74, 6) is 0.877. The first-order chi connectivity index (χ1) is 13.3. The zero-order valence-electron chi connectivity index (χ0n) is 15.7. The molecule has 0 bridgehead atoms. The summed E-state index contributed by atoms with van der Waals surface area (Å²) in [7, 11) is 0. The van der Waals surface area contributed by atoms with Crippen LogP contribution in [0.4, 0.5) is 11.5 Å². The number of anilines is 2. The second-order valence-corrected chi connectivity index (χ2v) is 7.09. The minimum Gasteiger partial charge on any atom is -0.356 e. The largest absolute Gasteiger partial charge is 0.356 e. The molecule has 4 heteroatoms. The summed E-state index contributed by atoms with van der Waals surface area (Å²) < 4.78 is 0. The first kappa shape index (κ1) is 17.5. The lowest BCUT2D eigenvalue weighted by Crippen LogP contribution is -2.30. The van der Waals surface area contributed by atoms with E-state index >= 15 is 0 Å². The molecular formula is C23H25N3O. The number of nitrogens with zero attached hydrogens (tertiary/aromatic N) is 2. The highest BCUT2D eigenvalue weighted by Gasteiger charge is 2.18. The zero-order chi connectivity index (χ0) is 18.6. The van der Waals surface area contributed by atoms with Gasteiger partial charge in [-0.25, -0.2) is 4.98 Å². The van der Waals surface area contributed by atoms with Crippen LogP contribution in [0.15, 0.2) is 54.7 Å². The van der Waals surface area contributed by atoms with Crippen molar-refractivity contribution in [2.75, 3.05) is 23.3 Å². The Morgan fingerprint density at radius 3 is 2.41 bits per heavy atom. The van der Waals surface area contributed by atoms with Crippen molar-refractivity contribution in [3.8, 4) is 0 Å². The van der Waals surface area contributed by atoms with E-state index in [0.717, 1.165) is 41.8 Å². The van der Waals surface area contributed by atoms with E-state index in [4.69, 9.17) is 0 Å². The van der Waals surface area contributed by atoms with E-state index in [2.05, 4.69) is 28.2 Å². The van der Waals surface area contributed by atoms with E-state index in [0.29, 0.717) is 5.56 Å². The summed E-state index contributed by atoms with van der Waals surface area (Å²) in [6.45, 7) is 4.19. The van der Waals surface area contributed by atoms with Crippen molar-refractivity contribution in [3.05, 3.63) is 65.9 Å². The third-order valence-corrected chi connectivity index (χ3v) is 5.29.